The normalized spacial score (nSPS) is 10.4. The Morgan fingerprint density at radius 1 is 1.00 bits per heavy atom. The maximum absolute atomic E-state index is 12.6. The number of benzene rings is 3. The molecule has 0 bridgehead atoms. The van der Waals surface area contributed by atoms with Crippen LogP contribution in [0.25, 0.3) is 0 Å². The van der Waals surface area contributed by atoms with Gasteiger partial charge in [-0.25, -0.2) is 0 Å². The molecule has 1 amide bonds. The van der Waals surface area contributed by atoms with Crippen molar-refractivity contribution in [2.45, 2.75) is 6.42 Å². The van der Waals surface area contributed by atoms with E-state index in [0.717, 1.165) is 11.3 Å². The molecule has 0 spiro atoms. The minimum absolute atomic E-state index is 0.0571. The zero-order valence-corrected chi connectivity index (χ0v) is 17.1. The molecular formula is C22H19Cl2NO4. The average molecular weight is 432 g/mol. The molecule has 3 rings (SSSR count). The minimum atomic E-state index is -0.521. The van der Waals surface area contributed by atoms with Gasteiger partial charge in [0.1, 0.15) is 17.2 Å². The third-order valence-corrected chi connectivity index (χ3v) is 4.67. The van der Waals surface area contributed by atoms with Gasteiger partial charge in [-0.05, 0) is 54.1 Å². The average Bonchev–Trinajstić information content (AvgIpc) is 2.72. The summed E-state index contributed by atoms with van der Waals surface area (Å²) in [4.78, 5) is 12.6. The van der Waals surface area contributed by atoms with E-state index >= 15 is 0 Å². The standard InChI is InChI=1S/C22H19Cl2NO4/c1-28-17-6-2-14(3-7-17)10-11-29-21-9-5-16(24)13-19(21)25-22(27)18-12-15(23)4-8-20(18)26/h2-9,12-13,26H,10-11H2,1H3,(H,25,27). The number of phenolic OH excluding ortho intramolecular Hbond substituents is 1. The van der Waals surface area contributed by atoms with E-state index in [1.165, 1.54) is 18.2 Å². The lowest BCUT2D eigenvalue weighted by Crippen LogP contribution is -2.13. The second-order valence-electron chi connectivity index (χ2n) is 6.20. The Labute approximate surface area is 178 Å². The molecule has 0 saturated heterocycles. The van der Waals surface area contributed by atoms with E-state index in [0.29, 0.717) is 34.5 Å². The van der Waals surface area contributed by atoms with Crippen LogP contribution in [0.15, 0.2) is 60.7 Å². The molecule has 0 aliphatic rings. The van der Waals surface area contributed by atoms with Crippen molar-refractivity contribution in [2.24, 2.45) is 0 Å². The summed E-state index contributed by atoms with van der Waals surface area (Å²) in [7, 11) is 1.62. The monoisotopic (exact) mass is 431 g/mol. The van der Waals surface area contributed by atoms with Gasteiger partial charge in [-0.2, -0.15) is 0 Å². The van der Waals surface area contributed by atoms with Gasteiger partial charge in [-0.15, -0.1) is 0 Å². The third kappa shape index (κ3) is 5.56. The predicted molar refractivity (Wildman–Crippen MR) is 115 cm³/mol. The highest BCUT2D eigenvalue weighted by atomic mass is 35.5. The molecule has 0 atom stereocenters. The van der Waals surface area contributed by atoms with Gasteiger partial charge in [0.15, 0.2) is 0 Å². The highest BCUT2D eigenvalue weighted by Gasteiger charge is 2.15. The number of anilines is 1. The lowest BCUT2D eigenvalue weighted by atomic mass is 10.1. The van der Waals surface area contributed by atoms with Crippen LogP contribution in [0.1, 0.15) is 15.9 Å². The first-order valence-electron chi connectivity index (χ1n) is 8.81. The number of aromatic hydroxyl groups is 1. The maximum atomic E-state index is 12.6. The Morgan fingerprint density at radius 2 is 1.69 bits per heavy atom. The first-order valence-corrected chi connectivity index (χ1v) is 9.57. The van der Waals surface area contributed by atoms with Gasteiger partial charge in [0.2, 0.25) is 0 Å². The molecule has 5 nitrogen and oxygen atoms in total. The lowest BCUT2D eigenvalue weighted by Gasteiger charge is -2.14. The molecule has 3 aromatic carbocycles. The number of halogens is 2. The van der Waals surface area contributed by atoms with Gasteiger partial charge < -0.3 is 19.9 Å². The summed E-state index contributed by atoms with van der Waals surface area (Å²) in [5.74, 6) is 0.572. The summed E-state index contributed by atoms with van der Waals surface area (Å²) in [6.07, 6.45) is 0.676. The Bertz CT molecular complexity index is 1010. The second kappa shape index (κ2) is 9.54. The summed E-state index contributed by atoms with van der Waals surface area (Å²) in [6.45, 7) is 0.402. The molecule has 29 heavy (non-hydrogen) atoms. The Hall–Kier alpha value is -2.89. The van der Waals surface area contributed by atoms with Crippen LogP contribution in [0.5, 0.6) is 17.2 Å². The molecule has 0 aliphatic heterocycles. The third-order valence-electron chi connectivity index (χ3n) is 4.20. The Morgan fingerprint density at radius 3 is 2.41 bits per heavy atom. The number of phenols is 1. The highest BCUT2D eigenvalue weighted by Crippen LogP contribution is 2.30. The van der Waals surface area contributed by atoms with E-state index in [9.17, 15) is 9.90 Å². The summed E-state index contributed by atoms with van der Waals surface area (Å²) in [5, 5.41) is 13.4. The summed E-state index contributed by atoms with van der Waals surface area (Å²) >= 11 is 12.0. The van der Waals surface area contributed by atoms with Gasteiger partial charge in [-0.3, -0.25) is 4.79 Å². The van der Waals surface area contributed by atoms with Crippen LogP contribution in [0, 0.1) is 0 Å². The first-order chi connectivity index (χ1) is 14.0. The van der Waals surface area contributed by atoms with Crippen molar-refractivity contribution in [1.82, 2.24) is 0 Å². The van der Waals surface area contributed by atoms with E-state index in [1.807, 2.05) is 24.3 Å². The van der Waals surface area contributed by atoms with Gasteiger partial charge in [0.05, 0.1) is 25.0 Å². The lowest BCUT2D eigenvalue weighted by molar-refractivity contribution is 0.102. The molecule has 150 valence electrons. The summed E-state index contributed by atoms with van der Waals surface area (Å²) in [5.41, 5.74) is 1.55. The molecule has 0 aliphatic carbocycles. The Kier molecular flexibility index (Phi) is 6.86. The van der Waals surface area contributed by atoms with Crippen LogP contribution in [0.2, 0.25) is 10.0 Å². The number of carbonyl (C=O) groups is 1. The first kappa shape index (κ1) is 20.8. The molecule has 0 radical (unpaired) electrons. The predicted octanol–water partition coefficient (Wildman–Crippen LogP) is 5.58. The van der Waals surface area contributed by atoms with Gasteiger partial charge in [-0.1, -0.05) is 35.3 Å². The fraction of sp³-hybridized carbons (Fsp3) is 0.136. The number of amides is 1. The molecule has 2 N–H and O–H groups in total. The van der Waals surface area contributed by atoms with Crippen LogP contribution in [-0.4, -0.2) is 24.7 Å². The number of hydrogen-bond acceptors (Lipinski definition) is 4. The number of methoxy groups -OCH3 is 1. The fourth-order valence-electron chi connectivity index (χ4n) is 2.68. The summed E-state index contributed by atoms with van der Waals surface area (Å²) < 4.78 is 11.0. The van der Waals surface area contributed by atoms with E-state index in [2.05, 4.69) is 5.32 Å². The quantitative estimate of drug-likeness (QED) is 0.512. The van der Waals surface area contributed by atoms with Crippen molar-refractivity contribution in [3.05, 3.63) is 81.8 Å². The van der Waals surface area contributed by atoms with Crippen LogP contribution >= 0.6 is 23.2 Å². The van der Waals surface area contributed by atoms with Crippen molar-refractivity contribution < 1.29 is 19.4 Å². The maximum Gasteiger partial charge on any atom is 0.259 e. The second-order valence-corrected chi connectivity index (χ2v) is 7.08. The zero-order valence-electron chi connectivity index (χ0n) is 15.6. The SMILES string of the molecule is COc1ccc(CCOc2ccc(Cl)cc2NC(=O)c2cc(Cl)ccc2O)cc1. The van der Waals surface area contributed by atoms with Gasteiger partial charge >= 0.3 is 0 Å². The Balaban J connectivity index is 1.70. The van der Waals surface area contributed by atoms with Crippen molar-refractivity contribution in [3.63, 3.8) is 0 Å². The zero-order chi connectivity index (χ0) is 20.8. The van der Waals surface area contributed by atoms with E-state index in [1.54, 1.807) is 25.3 Å². The van der Waals surface area contributed by atoms with Crippen molar-refractivity contribution >= 4 is 34.8 Å². The van der Waals surface area contributed by atoms with Crippen molar-refractivity contribution in [2.75, 3.05) is 19.0 Å². The van der Waals surface area contributed by atoms with Crippen LogP contribution < -0.4 is 14.8 Å². The largest absolute Gasteiger partial charge is 0.507 e. The number of rotatable bonds is 7. The number of hydrogen-bond donors (Lipinski definition) is 2. The number of nitrogens with one attached hydrogen (secondary N) is 1. The van der Waals surface area contributed by atoms with Crippen molar-refractivity contribution in [3.8, 4) is 17.2 Å². The van der Waals surface area contributed by atoms with E-state index < -0.39 is 5.91 Å². The molecular weight excluding hydrogens is 413 g/mol. The topological polar surface area (TPSA) is 67.8 Å². The van der Waals surface area contributed by atoms with Crippen LogP contribution in [0.4, 0.5) is 5.69 Å². The molecule has 0 saturated carbocycles. The van der Waals surface area contributed by atoms with E-state index in [-0.39, 0.29) is 11.3 Å². The molecule has 0 fully saturated rings. The molecule has 0 unspecified atom stereocenters. The highest BCUT2D eigenvalue weighted by molar-refractivity contribution is 6.31. The fourth-order valence-corrected chi connectivity index (χ4v) is 3.02. The smallest absolute Gasteiger partial charge is 0.259 e. The van der Waals surface area contributed by atoms with E-state index in [4.69, 9.17) is 32.7 Å². The van der Waals surface area contributed by atoms with Gasteiger partial charge in [0.25, 0.3) is 5.91 Å². The summed E-state index contributed by atoms with van der Waals surface area (Å²) in [6, 6.07) is 16.9. The molecule has 0 heterocycles. The van der Waals surface area contributed by atoms with Gasteiger partial charge in [0, 0.05) is 16.5 Å². The number of ether oxygens (including phenoxy) is 2. The minimum Gasteiger partial charge on any atom is -0.507 e. The molecule has 0 aromatic heterocycles. The van der Waals surface area contributed by atoms with Crippen LogP contribution in [0.3, 0.4) is 0 Å². The molecule has 3 aromatic rings. The molecule has 7 heteroatoms. The van der Waals surface area contributed by atoms with Crippen molar-refractivity contribution in [1.29, 1.82) is 0 Å². The van der Waals surface area contributed by atoms with Crippen LogP contribution in [-0.2, 0) is 6.42 Å². The number of carbonyl (C=O) groups excluding carboxylic acids is 1.